The summed E-state index contributed by atoms with van der Waals surface area (Å²) in [5.41, 5.74) is 1.70. The second-order valence-corrected chi connectivity index (χ2v) is 4.00. The lowest BCUT2D eigenvalue weighted by atomic mass is 9.79. The molecule has 0 spiro atoms. The van der Waals surface area contributed by atoms with Crippen molar-refractivity contribution in [3.63, 3.8) is 0 Å². The zero-order chi connectivity index (χ0) is 11.5. The van der Waals surface area contributed by atoms with E-state index >= 15 is 0 Å². The summed E-state index contributed by atoms with van der Waals surface area (Å²) in [4.78, 5) is 10.8. The van der Waals surface area contributed by atoms with Crippen LogP contribution >= 0.6 is 0 Å². The van der Waals surface area contributed by atoms with E-state index in [1.54, 1.807) is 0 Å². The Morgan fingerprint density at radius 1 is 1.50 bits per heavy atom. The number of carboxylic acid groups (broad SMARTS) is 1. The molecule has 2 unspecified atom stereocenters. The monoisotopic (exact) mass is 215 g/mol. The highest BCUT2D eigenvalue weighted by Gasteiger charge is 2.36. The van der Waals surface area contributed by atoms with Gasteiger partial charge in [-0.05, 0) is 31.0 Å². The predicted molar refractivity (Wildman–Crippen MR) is 62.1 cm³/mol. The number of carbonyl (C=O) groups is 1. The van der Waals surface area contributed by atoms with Crippen LogP contribution in [0.25, 0.3) is 0 Å². The van der Waals surface area contributed by atoms with E-state index in [-0.39, 0.29) is 12.0 Å². The molecule has 1 aliphatic carbocycles. The van der Waals surface area contributed by atoms with E-state index in [4.69, 9.17) is 11.5 Å². The first-order valence-electron chi connectivity index (χ1n) is 5.26. The third kappa shape index (κ3) is 2.01. The van der Waals surface area contributed by atoms with E-state index in [9.17, 15) is 4.79 Å². The van der Waals surface area contributed by atoms with Gasteiger partial charge in [-0.2, -0.15) is 0 Å². The van der Waals surface area contributed by atoms with Crippen LogP contribution in [0.15, 0.2) is 24.3 Å². The minimum Gasteiger partial charge on any atom is -0.481 e. The van der Waals surface area contributed by atoms with E-state index in [0.29, 0.717) is 0 Å². The van der Waals surface area contributed by atoms with E-state index in [2.05, 4.69) is 11.2 Å². The van der Waals surface area contributed by atoms with Gasteiger partial charge < -0.3 is 10.4 Å². The first kappa shape index (κ1) is 10.6. The number of terminal acetylenes is 1. The van der Waals surface area contributed by atoms with Crippen LogP contribution in [0.2, 0.25) is 0 Å². The minimum absolute atomic E-state index is 0.0329. The normalized spacial score (nSPS) is 22.9. The summed E-state index contributed by atoms with van der Waals surface area (Å²) in [6.45, 7) is 0. The fourth-order valence-corrected chi connectivity index (χ4v) is 1.88. The third-order valence-corrected chi connectivity index (χ3v) is 2.97. The van der Waals surface area contributed by atoms with Gasteiger partial charge in [-0.25, -0.2) is 0 Å². The fourth-order valence-electron chi connectivity index (χ4n) is 1.88. The van der Waals surface area contributed by atoms with Crippen LogP contribution in [0, 0.1) is 18.3 Å². The SMILES string of the molecule is C#Cc1cccc(NC2CCC2C(=O)O)c1. The average molecular weight is 215 g/mol. The maximum absolute atomic E-state index is 10.8. The van der Waals surface area contributed by atoms with Gasteiger partial charge in [0.1, 0.15) is 0 Å². The van der Waals surface area contributed by atoms with Crippen LogP contribution < -0.4 is 5.32 Å². The molecule has 1 saturated carbocycles. The summed E-state index contributed by atoms with van der Waals surface area (Å²) in [7, 11) is 0. The number of benzene rings is 1. The molecule has 16 heavy (non-hydrogen) atoms. The molecule has 1 aromatic rings. The number of hydrogen-bond donors (Lipinski definition) is 2. The zero-order valence-electron chi connectivity index (χ0n) is 8.81. The Labute approximate surface area is 94.5 Å². The van der Waals surface area contributed by atoms with Crippen molar-refractivity contribution >= 4 is 11.7 Å². The molecule has 2 N–H and O–H groups in total. The Balaban J connectivity index is 2.04. The Morgan fingerprint density at radius 2 is 2.31 bits per heavy atom. The number of hydrogen-bond acceptors (Lipinski definition) is 2. The van der Waals surface area contributed by atoms with E-state index in [1.165, 1.54) is 0 Å². The van der Waals surface area contributed by atoms with Gasteiger partial charge in [0.2, 0.25) is 0 Å². The van der Waals surface area contributed by atoms with Crippen LogP contribution in [-0.4, -0.2) is 17.1 Å². The first-order valence-corrected chi connectivity index (χ1v) is 5.26. The van der Waals surface area contributed by atoms with Crippen molar-refractivity contribution in [2.45, 2.75) is 18.9 Å². The van der Waals surface area contributed by atoms with Gasteiger partial charge in [-0.1, -0.05) is 12.0 Å². The quantitative estimate of drug-likeness (QED) is 0.757. The van der Waals surface area contributed by atoms with Crippen molar-refractivity contribution in [1.29, 1.82) is 0 Å². The van der Waals surface area contributed by atoms with Gasteiger partial charge in [0.05, 0.1) is 5.92 Å². The average Bonchev–Trinajstić information content (AvgIpc) is 2.24. The topological polar surface area (TPSA) is 49.3 Å². The molecule has 0 aliphatic heterocycles. The maximum Gasteiger partial charge on any atom is 0.308 e. The molecular weight excluding hydrogens is 202 g/mol. The summed E-state index contributed by atoms with van der Waals surface area (Å²) in [6, 6.07) is 7.51. The molecule has 0 radical (unpaired) electrons. The summed E-state index contributed by atoms with van der Waals surface area (Å²) >= 11 is 0. The van der Waals surface area contributed by atoms with Gasteiger partial charge in [0, 0.05) is 17.3 Å². The van der Waals surface area contributed by atoms with Crippen molar-refractivity contribution < 1.29 is 9.90 Å². The molecule has 0 bridgehead atoms. The predicted octanol–water partition coefficient (Wildman–Crippen LogP) is 1.94. The molecule has 0 heterocycles. The first-order chi connectivity index (χ1) is 7.70. The second kappa shape index (κ2) is 4.28. The van der Waals surface area contributed by atoms with Gasteiger partial charge in [-0.3, -0.25) is 4.79 Å². The lowest BCUT2D eigenvalue weighted by molar-refractivity contribution is -0.144. The van der Waals surface area contributed by atoms with E-state index in [1.807, 2.05) is 24.3 Å². The molecular formula is C13H13NO2. The number of rotatable bonds is 3. The minimum atomic E-state index is -0.725. The van der Waals surface area contributed by atoms with Crippen molar-refractivity contribution in [2.24, 2.45) is 5.92 Å². The van der Waals surface area contributed by atoms with Gasteiger partial charge in [0.15, 0.2) is 0 Å². The summed E-state index contributed by atoms with van der Waals surface area (Å²) in [5, 5.41) is 12.1. The van der Waals surface area contributed by atoms with Gasteiger partial charge in [-0.15, -0.1) is 6.42 Å². The molecule has 82 valence electrons. The molecule has 0 aromatic heterocycles. The largest absolute Gasteiger partial charge is 0.481 e. The third-order valence-electron chi connectivity index (χ3n) is 2.97. The van der Waals surface area contributed by atoms with Gasteiger partial charge >= 0.3 is 5.97 Å². The molecule has 0 amide bonds. The highest BCUT2D eigenvalue weighted by molar-refractivity contribution is 5.73. The lowest BCUT2D eigenvalue weighted by Gasteiger charge is -2.34. The van der Waals surface area contributed by atoms with Crippen LogP contribution in [0.4, 0.5) is 5.69 Å². The number of anilines is 1. The highest BCUT2D eigenvalue weighted by atomic mass is 16.4. The summed E-state index contributed by atoms with van der Waals surface area (Å²) < 4.78 is 0. The highest BCUT2D eigenvalue weighted by Crippen LogP contribution is 2.30. The lowest BCUT2D eigenvalue weighted by Crippen LogP contribution is -2.42. The standard InChI is InChI=1S/C13H13NO2/c1-2-9-4-3-5-10(8-9)14-12-7-6-11(12)13(15)16/h1,3-5,8,11-12,14H,6-7H2,(H,15,16). The van der Waals surface area contributed by atoms with E-state index < -0.39 is 5.97 Å². The Bertz CT molecular complexity index is 447. The van der Waals surface area contributed by atoms with Crippen LogP contribution in [0.5, 0.6) is 0 Å². The van der Waals surface area contributed by atoms with E-state index in [0.717, 1.165) is 24.1 Å². The van der Waals surface area contributed by atoms with Crippen molar-refractivity contribution in [2.75, 3.05) is 5.32 Å². The van der Waals surface area contributed by atoms with Crippen molar-refractivity contribution in [3.05, 3.63) is 29.8 Å². The number of aliphatic carboxylic acids is 1. The molecule has 1 fully saturated rings. The second-order valence-electron chi connectivity index (χ2n) is 4.00. The number of carboxylic acids is 1. The van der Waals surface area contributed by atoms with Crippen LogP contribution in [0.3, 0.4) is 0 Å². The molecule has 2 rings (SSSR count). The van der Waals surface area contributed by atoms with Crippen molar-refractivity contribution in [1.82, 2.24) is 0 Å². The smallest absolute Gasteiger partial charge is 0.308 e. The summed E-state index contributed by atoms with van der Waals surface area (Å²) in [5.74, 6) is 1.56. The number of nitrogens with one attached hydrogen (secondary N) is 1. The Morgan fingerprint density at radius 3 is 2.88 bits per heavy atom. The van der Waals surface area contributed by atoms with Gasteiger partial charge in [0.25, 0.3) is 0 Å². The Hall–Kier alpha value is -1.95. The Kier molecular flexibility index (Phi) is 2.82. The molecule has 3 nitrogen and oxygen atoms in total. The fraction of sp³-hybridized carbons (Fsp3) is 0.308. The van der Waals surface area contributed by atoms with Crippen molar-refractivity contribution in [3.8, 4) is 12.3 Å². The molecule has 1 aliphatic rings. The molecule has 3 heteroatoms. The zero-order valence-corrected chi connectivity index (χ0v) is 8.81. The molecule has 1 aromatic carbocycles. The van der Waals surface area contributed by atoms with Crippen LogP contribution in [0.1, 0.15) is 18.4 Å². The molecule has 2 atom stereocenters. The maximum atomic E-state index is 10.8. The summed E-state index contributed by atoms with van der Waals surface area (Å²) in [6.07, 6.45) is 6.95. The molecule has 0 saturated heterocycles. The van der Waals surface area contributed by atoms with Crippen LogP contribution in [-0.2, 0) is 4.79 Å².